The molecule has 76 valence electrons. The van der Waals surface area contributed by atoms with E-state index >= 15 is 0 Å². The van der Waals surface area contributed by atoms with E-state index in [4.69, 9.17) is 0 Å². The van der Waals surface area contributed by atoms with Gasteiger partial charge < -0.3 is 10.2 Å². The molecule has 1 aromatic rings. The van der Waals surface area contributed by atoms with Gasteiger partial charge in [-0.15, -0.1) is 0 Å². The van der Waals surface area contributed by atoms with E-state index in [1.165, 1.54) is 16.9 Å². The van der Waals surface area contributed by atoms with E-state index in [9.17, 15) is 0 Å². The second-order valence-electron chi connectivity index (χ2n) is 4.39. The molecule has 0 bridgehead atoms. The lowest BCUT2D eigenvalue weighted by atomic mass is 10.2. The maximum Gasteiger partial charge on any atom is 0.0599 e. The first-order valence-electron chi connectivity index (χ1n) is 5.22. The summed E-state index contributed by atoms with van der Waals surface area (Å²) in [5.41, 5.74) is 3.91. The van der Waals surface area contributed by atoms with Gasteiger partial charge >= 0.3 is 0 Å². The Hall–Kier alpha value is -1.18. The van der Waals surface area contributed by atoms with Crippen LogP contribution in [0.25, 0.3) is 0 Å². The van der Waals surface area contributed by atoms with Crippen molar-refractivity contribution in [3.63, 3.8) is 0 Å². The molecule has 2 rings (SSSR count). The molecule has 1 aliphatic heterocycles. The Bertz CT molecular complexity index is 333. The third-order valence-corrected chi connectivity index (χ3v) is 2.79. The zero-order valence-electron chi connectivity index (χ0n) is 9.17. The highest BCUT2D eigenvalue weighted by Gasteiger charge is 2.15. The van der Waals surface area contributed by atoms with E-state index in [0.29, 0.717) is 5.92 Å². The molecule has 2 heteroatoms. The Morgan fingerprint density at radius 3 is 3.00 bits per heavy atom. The van der Waals surface area contributed by atoms with Crippen LogP contribution in [0.3, 0.4) is 0 Å². The van der Waals surface area contributed by atoms with Crippen LogP contribution >= 0.6 is 0 Å². The third-order valence-electron chi connectivity index (χ3n) is 2.79. The van der Waals surface area contributed by atoms with Crippen LogP contribution in [0.1, 0.15) is 12.5 Å². The van der Waals surface area contributed by atoms with Crippen LogP contribution in [0.5, 0.6) is 0 Å². The second kappa shape index (κ2) is 3.52. The first-order chi connectivity index (χ1) is 6.66. The molecule has 14 heavy (non-hydrogen) atoms. The van der Waals surface area contributed by atoms with E-state index in [-0.39, 0.29) is 0 Å². The zero-order chi connectivity index (χ0) is 10.1. The Balaban J connectivity index is 2.38. The number of benzene rings is 1. The number of fused-ring (bicyclic) bond motifs is 1. The second-order valence-corrected chi connectivity index (χ2v) is 4.39. The van der Waals surface area contributed by atoms with Gasteiger partial charge in [0.05, 0.1) is 11.4 Å². The lowest BCUT2D eigenvalue weighted by Crippen LogP contribution is -2.23. The fourth-order valence-electron chi connectivity index (χ4n) is 2.04. The molecule has 0 spiro atoms. The maximum absolute atomic E-state index is 3.50. The van der Waals surface area contributed by atoms with Gasteiger partial charge in [-0.1, -0.05) is 13.0 Å². The lowest BCUT2D eigenvalue weighted by molar-refractivity contribution is 0.618. The minimum atomic E-state index is 0.702. The molecule has 1 unspecified atom stereocenters. The number of nitrogens with zero attached hydrogens (tertiary/aromatic N) is 1. The maximum atomic E-state index is 3.50. The zero-order valence-corrected chi connectivity index (χ0v) is 9.17. The Labute approximate surface area is 85.9 Å². The number of nitrogens with one attached hydrogen (secondary N) is 1. The molecule has 0 saturated carbocycles. The van der Waals surface area contributed by atoms with Crippen LogP contribution in [0.15, 0.2) is 18.2 Å². The number of aryl methyl sites for hydroxylation is 1. The van der Waals surface area contributed by atoms with Gasteiger partial charge in [0, 0.05) is 20.1 Å². The fraction of sp³-hybridized carbons (Fsp3) is 0.500. The van der Waals surface area contributed by atoms with Gasteiger partial charge in [-0.2, -0.15) is 0 Å². The summed E-state index contributed by atoms with van der Waals surface area (Å²) < 4.78 is 0. The monoisotopic (exact) mass is 190 g/mol. The molecule has 1 aliphatic rings. The van der Waals surface area contributed by atoms with E-state index < -0.39 is 0 Å². The van der Waals surface area contributed by atoms with Crippen LogP contribution in [0.4, 0.5) is 11.4 Å². The molecule has 1 aromatic carbocycles. The van der Waals surface area contributed by atoms with Crippen molar-refractivity contribution >= 4 is 11.4 Å². The topological polar surface area (TPSA) is 15.3 Å². The average Bonchev–Trinajstić information content (AvgIpc) is 2.26. The summed E-state index contributed by atoms with van der Waals surface area (Å²) in [5.74, 6) is 0.702. The van der Waals surface area contributed by atoms with Crippen molar-refractivity contribution in [1.82, 2.24) is 0 Å². The molecule has 0 amide bonds. The lowest BCUT2D eigenvalue weighted by Gasteiger charge is -2.20. The van der Waals surface area contributed by atoms with Crippen molar-refractivity contribution in [2.45, 2.75) is 13.8 Å². The molecule has 1 heterocycles. The van der Waals surface area contributed by atoms with Crippen LogP contribution in [-0.4, -0.2) is 20.1 Å². The Morgan fingerprint density at radius 2 is 2.21 bits per heavy atom. The molecule has 0 radical (unpaired) electrons. The SMILES string of the molecule is Cc1ccc2c(c1)NCC(C)CN2C. The van der Waals surface area contributed by atoms with Gasteiger partial charge in [-0.3, -0.25) is 0 Å². The summed E-state index contributed by atoms with van der Waals surface area (Å²) in [6.07, 6.45) is 0. The molecule has 1 atom stereocenters. The summed E-state index contributed by atoms with van der Waals surface area (Å²) >= 11 is 0. The number of anilines is 2. The molecule has 2 nitrogen and oxygen atoms in total. The molecule has 1 N–H and O–H groups in total. The van der Waals surface area contributed by atoms with Crippen molar-refractivity contribution in [3.8, 4) is 0 Å². The summed E-state index contributed by atoms with van der Waals surface area (Å²) in [7, 11) is 2.16. The summed E-state index contributed by atoms with van der Waals surface area (Å²) in [4.78, 5) is 2.33. The van der Waals surface area contributed by atoms with Gasteiger partial charge in [-0.05, 0) is 30.5 Å². The largest absolute Gasteiger partial charge is 0.383 e. The normalized spacial score (nSPS) is 21.1. The van der Waals surface area contributed by atoms with Gasteiger partial charge in [0.15, 0.2) is 0 Å². The molecule has 0 fully saturated rings. The van der Waals surface area contributed by atoms with Crippen molar-refractivity contribution in [2.24, 2.45) is 5.92 Å². The Kier molecular flexibility index (Phi) is 2.36. The average molecular weight is 190 g/mol. The molecule has 0 aliphatic carbocycles. The highest BCUT2D eigenvalue weighted by atomic mass is 15.1. The van der Waals surface area contributed by atoms with Crippen LogP contribution < -0.4 is 10.2 Å². The quantitative estimate of drug-likeness (QED) is 0.676. The smallest absolute Gasteiger partial charge is 0.0599 e. The molecular formula is C12H18N2. The van der Waals surface area contributed by atoms with Gasteiger partial charge in [0.25, 0.3) is 0 Å². The van der Waals surface area contributed by atoms with Crippen molar-refractivity contribution in [2.75, 3.05) is 30.4 Å². The van der Waals surface area contributed by atoms with Gasteiger partial charge in [0.1, 0.15) is 0 Å². The van der Waals surface area contributed by atoms with E-state index in [0.717, 1.165) is 13.1 Å². The predicted octanol–water partition coefficient (Wildman–Crippen LogP) is 2.49. The minimum Gasteiger partial charge on any atom is -0.383 e. The summed E-state index contributed by atoms with van der Waals surface area (Å²) in [6, 6.07) is 6.60. The minimum absolute atomic E-state index is 0.702. The van der Waals surface area contributed by atoms with Gasteiger partial charge in [0.2, 0.25) is 0 Å². The van der Waals surface area contributed by atoms with E-state index in [2.05, 4.69) is 49.3 Å². The fourth-order valence-corrected chi connectivity index (χ4v) is 2.04. The van der Waals surface area contributed by atoms with Crippen LogP contribution in [0.2, 0.25) is 0 Å². The van der Waals surface area contributed by atoms with E-state index in [1.54, 1.807) is 0 Å². The van der Waals surface area contributed by atoms with E-state index in [1.807, 2.05) is 0 Å². The number of hydrogen-bond donors (Lipinski definition) is 1. The standard InChI is InChI=1S/C12H18N2/c1-9-4-5-12-11(6-9)13-7-10(2)8-14(12)3/h4-6,10,13H,7-8H2,1-3H3. The predicted molar refractivity (Wildman–Crippen MR) is 62.1 cm³/mol. The molecule has 0 aromatic heterocycles. The van der Waals surface area contributed by atoms with Crippen molar-refractivity contribution in [1.29, 1.82) is 0 Å². The van der Waals surface area contributed by atoms with Crippen molar-refractivity contribution in [3.05, 3.63) is 23.8 Å². The highest BCUT2D eigenvalue weighted by molar-refractivity contribution is 5.71. The first-order valence-corrected chi connectivity index (χ1v) is 5.22. The summed E-state index contributed by atoms with van der Waals surface area (Å²) in [6.45, 7) is 6.61. The Morgan fingerprint density at radius 1 is 1.43 bits per heavy atom. The van der Waals surface area contributed by atoms with Crippen LogP contribution in [-0.2, 0) is 0 Å². The van der Waals surface area contributed by atoms with Crippen molar-refractivity contribution < 1.29 is 0 Å². The van der Waals surface area contributed by atoms with Crippen LogP contribution in [0, 0.1) is 12.8 Å². The number of hydrogen-bond acceptors (Lipinski definition) is 2. The summed E-state index contributed by atoms with van der Waals surface area (Å²) in [5, 5.41) is 3.50. The first kappa shape index (κ1) is 9.38. The van der Waals surface area contributed by atoms with Gasteiger partial charge in [-0.25, -0.2) is 0 Å². The molecular weight excluding hydrogens is 172 g/mol. The molecule has 0 saturated heterocycles. The highest BCUT2D eigenvalue weighted by Crippen LogP contribution is 2.29. The number of rotatable bonds is 0. The third kappa shape index (κ3) is 1.69.